The van der Waals surface area contributed by atoms with E-state index in [2.05, 4.69) is 0 Å². The van der Waals surface area contributed by atoms with Gasteiger partial charge in [-0.1, -0.05) is 25.7 Å². The molecule has 1 aromatic heterocycles. The standard InChI is InChI=1S/C16H19FN2S/c17-13-7-5-12(6-8-13)14-11-20-15(19-14)16(18)9-3-1-2-4-10-16/h5-8,11H,1-4,9-10,18H2. The fourth-order valence-electron chi connectivity index (χ4n) is 2.83. The molecule has 1 aliphatic rings. The van der Waals surface area contributed by atoms with Gasteiger partial charge in [-0.2, -0.15) is 0 Å². The van der Waals surface area contributed by atoms with Gasteiger partial charge < -0.3 is 5.73 Å². The summed E-state index contributed by atoms with van der Waals surface area (Å²) in [5, 5.41) is 3.06. The molecule has 2 nitrogen and oxygen atoms in total. The van der Waals surface area contributed by atoms with Gasteiger partial charge in [0.15, 0.2) is 0 Å². The number of nitrogens with zero attached hydrogens (tertiary/aromatic N) is 1. The van der Waals surface area contributed by atoms with Crippen LogP contribution in [0.1, 0.15) is 43.5 Å². The lowest BCUT2D eigenvalue weighted by Crippen LogP contribution is -2.35. The molecule has 2 N–H and O–H groups in total. The predicted octanol–water partition coefficient (Wildman–Crippen LogP) is 4.46. The van der Waals surface area contributed by atoms with Crippen LogP contribution in [0.2, 0.25) is 0 Å². The first-order valence-corrected chi connectivity index (χ1v) is 8.06. The largest absolute Gasteiger partial charge is 0.319 e. The number of hydrogen-bond donors (Lipinski definition) is 1. The molecule has 0 aliphatic heterocycles. The molecule has 106 valence electrons. The van der Waals surface area contributed by atoms with Gasteiger partial charge in [0.2, 0.25) is 0 Å². The Hall–Kier alpha value is -1.26. The van der Waals surface area contributed by atoms with Crippen LogP contribution in [0.15, 0.2) is 29.6 Å². The second kappa shape index (κ2) is 5.62. The minimum Gasteiger partial charge on any atom is -0.319 e. The maximum Gasteiger partial charge on any atom is 0.123 e. The fraction of sp³-hybridized carbons (Fsp3) is 0.438. The maximum absolute atomic E-state index is 13.0. The average molecular weight is 290 g/mol. The third-order valence-electron chi connectivity index (χ3n) is 4.07. The van der Waals surface area contributed by atoms with E-state index in [4.69, 9.17) is 10.7 Å². The van der Waals surface area contributed by atoms with Crippen molar-refractivity contribution < 1.29 is 4.39 Å². The van der Waals surface area contributed by atoms with E-state index in [1.54, 1.807) is 23.5 Å². The lowest BCUT2D eigenvalue weighted by molar-refractivity contribution is 0.384. The third kappa shape index (κ3) is 2.76. The van der Waals surface area contributed by atoms with Gasteiger partial charge in [-0.3, -0.25) is 0 Å². The molecule has 2 aromatic rings. The minimum absolute atomic E-state index is 0.219. The average Bonchev–Trinajstić information content (AvgIpc) is 2.84. The van der Waals surface area contributed by atoms with Crippen molar-refractivity contribution in [2.75, 3.05) is 0 Å². The summed E-state index contributed by atoms with van der Waals surface area (Å²) in [7, 11) is 0. The summed E-state index contributed by atoms with van der Waals surface area (Å²) in [5.41, 5.74) is 8.17. The highest BCUT2D eigenvalue weighted by Crippen LogP contribution is 2.36. The lowest BCUT2D eigenvalue weighted by atomic mass is 9.92. The lowest BCUT2D eigenvalue weighted by Gasteiger charge is -2.25. The molecule has 0 bridgehead atoms. The third-order valence-corrected chi connectivity index (χ3v) is 5.13. The van der Waals surface area contributed by atoms with Gasteiger partial charge in [-0.15, -0.1) is 11.3 Å². The van der Waals surface area contributed by atoms with Gasteiger partial charge in [0, 0.05) is 10.9 Å². The first-order valence-electron chi connectivity index (χ1n) is 7.18. The molecule has 20 heavy (non-hydrogen) atoms. The van der Waals surface area contributed by atoms with Gasteiger partial charge in [0.1, 0.15) is 10.8 Å². The summed E-state index contributed by atoms with van der Waals surface area (Å²) in [6.45, 7) is 0. The predicted molar refractivity (Wildman–Crippen MR) is 81.1 cm³/mol. The van der Waals surface area contributed by atoms with Gasteiger partial charge in [0.25, 0.3) is 0 Å². The van der Waals surface area contributed by atoms with E-state index in [0.29, 0.717) is 0 Å². The number of benzene rings is 1. The molecule has 0 atom stereocenters. The van der Waals surface area contributed by atoms with E-state index in [1.165, 1.54) is 37.8 Å². The molecule has 0 amide bonds. The smallest absolute Gasteiger partial charge is 0.123 e. The second-order valence-corrected chi connectivity index (χ2v) is 6.47. The van der Waals surface area contributed by atoms with Gasteiger partial charge in [-0.25, -0.2) is 9.37 Å². The maximum atomic E-state index is 13.0. The van der Waals surface area contributed by atoms with Crippen LogP contribution in [0.25, 0.3) is 11.3 Å². The van der Waals surface area contributed by atoms with Crippen LogP contribution in [0.4, 0.5) is 4.39 Å². The minimum atomic E-state index is -0.264. The van der Waals surface area contributed by atoms with Crippen LogP contribution in [0, 0.1) is 5.82 Å². The number of thiazole rings is 1. The van der Waals surface area contributed by atoms with Crippen molar-refractivity contribution in [1.29, 1.82) is 0 Å². The van der Waals surface area contributed by atoms with Crippen LogP contribution in [0.3, 0.4) is 0 Å². The molecule has 1 saturated carbocycles. The summed E-state index contributed by atoms with van der Waals surface area (Å²) in [6.07, 6.45) is 6.95. The van der Waals surface area contributed by atoms with Crippen LogP contribution < -0.4 is 5.73 Å². The molecular weight excluding hydrogens is 271 g/mol. The first-order chi connectivity index (χ1) is 9.67. The van der Waals surface area contributed by atoms with Crippen molar-refractivity contribution in [3.05, 3.63) is 40.5 Å². The summed E-state index contributed by atoms with van der Waals surface area (Å²) >= 11 is 1.63. The summed E-state index contributed by atoms with van der Waals surface area (Å²) in [4.78, 5) is 4.72. The van der Waals surface area contributed by atoms with Crippen molar-refractivity contribution >= 4 is 11.3 Å². The number of halogens is 1. The Bertz CT molecular complexity index is 568. The van der Waals surface area contributed by atoms with Crippen LogP contribution in [0.5, 0.6) is 0 Å². The van der Waals surface area contributed by atoms with Crippen LogP contribution >= 0.6 is 11.3 Å². The van der Waals surface area contributed by atoms with E-state index >= 15 is 0 Å². The van der Waals surface area contributed by atoms with Crippen LogP contribution in [-0.2, 0) is 5.54 Å². The Morgan fingerprint density at radius 2 is 1.70 bits per heavy atom. The quantitative estimate of drug-likeness (QED) is 0.829. The molecule has 4 heteroatoms. The normalized spacial score (nSPS) is 18.7. The van der Waals surface area contributed by atoms with Gasteiger partial charge in [0.05, 0.1) is 11.2 Å². The number of hydrogen-bond acceptors (Lipinski definition) is 3. The van der Waals surface area contributed by atoms with Crippen molar-refractivity contribution in [3.8, 4) is 11.3 Å². The Labute approximate surface area is 122 Å². The highest BCUT2D eigenvalue weighted by Gasteiger charge is 2.31. The molecule has 0 radical (unpaired) electrons. The topological polar surface area (TPSA) is 38.9 Å². The van der Waals surface area contributed by atoms with E-state index in [1.807, 2.05) is 5.38 Å². The summed E-state index contributed by atoms with van der Waals surface area (Å²) in [5.74, 6) is -0.219. The SMILES string of the molecule is NC1(c2nc(-c3ccc(F)cc3)cs2)CCCCCC1. The zero-order valence-corrected chi connectivity index (χ0v) is 12.3. The van der Waals surface area contributed by atoms with Crippen LogP contribution in [-0.4, -0.2) is 4.98 Å². The monoisotopic (exact) mass is 290 g/mol. The molecule has 0 unspecified atom stereocenters. The Balaban J connectivity index is 1.87. The van der Waals surface area contributed by atoms with Crippen molar-refractivity contribution in [3.63, 3.8) is 0 Å². The highest BCUT2D eigenvalue weighted by atomic mass is 32.1. The van der Waals surface area contributed by atoms with Crippen molar-refractivity contribution in [1.82, 2.24) is 4.98 Å². The molecule has 1 aliphatic carbocycles. The Morgan fingerprint density at radius 3 is 2.35 bits per heavy atom. The zero-order chi connectivity index (χ0) is 14.0. The van der Waals surface area contributed by atoms with E-state index < -0.39 is 0 Å². The molecule has 0 saturated heterocycles. The molecular formula is C16H19FN2S. The van der Waals surface area contributed by atoms with Gasteiger partial charge in [-0.05, 0) is 37.1 Å². The molecule has 1 fully saturated rings. The number of rotatable bonds is 2. The Morgan fingerprint density at radius 1 is 1.05 bits per heavy atom. The summed E-state index contributed by atoms with van der Waals surface area (Å²) < 4.78 is 13.0. The zero-order valence-electron chi connectivity index (χ0n) is 11.4. The molecule has 3 rings (SSSR count). The van der Waals surface area contributed by atoms with Gasteiger partial charge >= 0.3 is 0 Å². The van der Waals surface area contributed by atoms with E-state index in [-0.39, 0.29) is 11.4 Å². The van der Waals surface area contributed by atoms with E-state index in [9.17, 15) is 4.39 Å². The van der Waals surface area contributed by atoms with E-state index in [0.717, 1.165) is 29.1 Å². The Kier molecular flexibility index (Phi) is 3.85. The highest BCUT2D eigenvalue weighted by molar-refractivity contribution is 7.10. The first kappa shape index (κ1) is 13.7. The number of aromatic nitrogens is 1. The number of nitrogens with two attached hydrogens (primary N) is 1. The molecule has 1 aromatic carbocycles. The van der Waals surface area contributed by atoms with Crippen molar-refractivity contribution in [2.45, 2.75) is 44.1 Å². The summed E-state index contributed by atoms with van der Waals surface area (Å²) in [6, 6.07) is 6.48. The molecule has 1 heterocycles. The molecule has 0 spiro atoms. The van der Waals surface area contributed by atoms with Crippen molar-refractivity contribution in [2.24, 2.45) is 5.73 Å². The fourth-order valence-corrected chi connectivity index (χ4v) is 3.83. The second-order valence-electron chi connectivity index (χ2n) is 5.62.